The van der Waals surface area contributed by atoms with Gasteiger partial charge in [0.05, 0.1) is 0 Å². The van der Waals surface area contributed by atoms with Gasteiger partial charge in [0.15, 0.2) is 0 Å². The van der Waals surface area contributed by atoms with E-state index >= 15 is 0 Å². The molecule has 0 aliphatic carbocycles. The second-order valence-electron chi connectivity index (χ2n) is 3.52. The molecule has 0 saturated heterocycles. The standard InChI is InChI=1S/C10H20N4S/c1-4-6-7-14(5-2)8-9-10(11-3)15-13-12-9/h11H,4-8H2,1-3H3. The largest absolute Gasteiger partial charge is 0.377 e. The first-order valence-electron chi connectivity index (χ1n) is 5.53. The number of hydrogen-bond acceptors (Lipinski definition) is 5. The summed E-state index contributed by atoms with van der Waals surface area (Å²) in [6, 6.07) is 0. The molecule has 0 bridgehead atoms. The second kappa shape index (κ2) is 6.74. The van der Waals surface area contributed by atoms with Gasteiger partial charge in [-0.15, -0.1) is 5.10 Å². The van der Waals surface area contributed by atoms with Gasteiger partial charge in [-0.3, -0.25) is 4.90 Å². The van der Waals surface area contributed by atoms with Crippen molar-refractivity contribution in [1.29, 1.82) is 0 Å². The monoisotopic (exact) mass is 228 g/mol. The highest BCUT2D eigenvalue weighted by molar-refractivity contribution is 7.10. The van der Waals surface area contributed by atoms with Crippen molar-refractivity contribution in [3.8, 4) is 0 Å². The van der Waals surface area contributed by atoms with Crippen LogP contribution in [0.1, 0.15) is 32.4 Å². The van der Waals surface area contributed by atoms with Crippen molar-refractivity contribution in [2.75, 3.05) is 25.5 Å². The average Bonchev–Trinajstić information content (AvgIpc) is 2.71. The third-order valence-corrected chi connectivity index (χ3v) is 3.22. The van der Waals surface area contributed by atoms with Gasteiger partial charge in [-0.25, -0.2) is 0 Å². The highest BCUT2D eigenvalue weighted by atomic mass is 32.1. The van der Waals surface area contributed by atoms with Gasteiger partial charge in [-0.1, -0.05) is 24.8 Å². The first kappa shape index (κ1) is 12.4. The molecule has 1 aromatic heterocycles. The molecule has 0 aliphatic rings. The fourth-order valence-corrected chi connectivity index (χ4v) is 1.97. The van der Waals surface area contributed by atoms with Gasteiger partial charge in [-0.05, 0) is 19.5 Å². The van der Waals surface area contributed by atoms with Gasteiger partial charge < -0.3 is 5.32 Å². The number of nitrogens with zero attached hydrogens (tertiary/aromatic N) is 3. The zero-order valence-corrected chi connectivity index (χ0v) is 10.6. The molecule has 1 N–H and O–H groups in total. The minimum Gasteiger partial charge on any atom is -0.377 e. The summed E-state index contributed by atoms with van der Waals surface area (Å²) in [5.41, 5.74) is 1.07. The van der Waals surface area contributed by atoms with Crippen molar-refractivity contribution in [3.63, 3.8) is 0 Å². The second-order valence-corrected chi connectivity index (χ2v) is 4.28. The van der Waals surface area contributed by atoms with Crippen molar-refractivity contribution in [1.82, 2.24) is 14.5 Å². The number of unbranched alkanes of at least 4 members (excludes halogenated alkanes) is 1. The quantitative estimate of drug-likeness (QED) is 0.777. The van der Waals surface area contributed by atoms with Crippen LogP contribution < -0.4 is 5.32 Å². The van der Waals surface area contributed by atoms with Gasteiger partial charge in [-0.2, -0.15) is 0 Å². The van der Waals surface area contributed by atoms with Crippen molar-refractivity contribution in [3.05, 3.63) is 5.69 Å². The van der Waals surface area contributed by atoms with Crippen LogP contribution in [0.5, 0.6) is 0 Å². The molecule has 15 heavy (non-hydrogen) atoms. The van der Waals surface area contributed by atoms with Crippen molar-refractivity contribution >= 4 is 16.5 Å². The van der Waals surface area contributed by atoms with Crippen LogP contribution >= 0.6 is 11.5 Å². The SMILES string of the molecule is CCCCN(CC)Cc1nnsc1NC. The van der Waals surface area contributed by atoms with Gasteiger partial charge in [0, 0.05) is 25.1 Å². The zero-order chi connectivity index (χ0) is 11.1. The van der Waals surface area contributed by atoms with E-state index in [1.165, 1.54) is 24.4 Å². The van der Waals surface area contributed by atoms with E-state index in [1.807, 2.05) is 7.05 Å². The van der Waals surface area contributed by atoms with Crippen LogP contribution in [0.25, 0.3) is 0 Å². The van der Waals surface area contributed by atoms with E-state index < -0.39 is 0 Å². The van der Waals surface area contributed by atoms with Crippen LogP contribution in [-0.2, 0) is 6.54 Å². The Labute approximate surface area is 95.8 Å². The minimum absolute atomic E-state index is 0.906. The van der Waals surface area contributed by atoms with Gasteiger partial charge in [0.2, 0.25) is 0 Å². The Morgan fingerprint density at radius 1 is 1.40 bits per heavy atom. The van der Waals surface area contributed by atoms with Gasteiger partial charge >= 0.3 is 0 Å². The maximum absolute atomic E-state index is 4.15. The van der Waals surface area contributed by atoms with E-state index in [1.54, 1.807) is 0 Å². The normalized spacial score (nSPS) is 10.9. The van der Waals surface area contributed by atoms with Crippen LogP contribution in [-0.4, -0.2) is 34.6 Å². The molecule has 0 spiro atoms. The Hall–Kier alpha value is -0.680. The number of rotatable bonds is 7. The van der Waals surface area contributed by atoms with Gasteiger partial charge in [0.25, 0.3) is 0 Å². The maximum atomic E-state index is 4.15. The topological polar surface area (TPSA) is 41.1 Å². The summed E-state index contributed by atoms with van der Waals surface area (Å²) >= 11 is 1.43. The molecular weight excluding hydrogens is 208 g/mol. The molecule has 0 saturated carbocycles. The van der Waals surface area contributed by atoms with E-state index in [-0.39, 0.29) is 0 Å². The predicted molar refractivity (Wildman–Crippen MR) is 65.3 cm³/mol. The van der Waals surface area contributed by atoms with Crippen molar-refractivity contribution in [2.24, 2.45) is 0 Å². The summed E-state index contributed by atoms with van der Waals surface area (Å²) in [6.45, 7) is 7.53. The molecule has 0 unspecified atom stereocenters. The molecular formula is C10H20N4S. The summed E-state index contributed by atoms with van der Waals surface area (Å²) < 4.78 is 3.96. The molecule has 5 heteroatoms. The fraction of sp³-hybridized carbons (Fsp3) is 0.800. The molecule has 0 aliphatic heterocycles. The molecule has 1 rings (SSSR count). The Kier molecular flexibility index (Phi) is 5.57. The molecule has 1 aromatic rings. The maximum Gasteiger partial charge on any atom is 0.134 e. The molecule has 0 aromatic carbocycles. The first-order chi connectivity index (χ1) is 7.31. The van der Waals surface area contributed by atoms with Crippen LogP contribution in [0.2, 0.25) is 0 Å². The van der Waals surface area contributed by atoms with Crippen LogP contribution in [0.3, 0.4) is 0 Å². The molecule has 0 radical (unpaired) electrons. The third-order valence-electron chi connectivity index (χ3n) is 2.43. The summed E-state index contributed by atoms with van der Waals surface area (Å²) in [7, 11) is 1.92. The van der Waals surface area contributed by atoms with E-state index in [9.17, 15) is 0 Å². The smallest absolute Gasteiger partial charge is 0.134 e. The molecule has 4 nitrogen and oxygen atoms in total. The average molecular weight is 228 g/mol. The van der Waals surface area contributed by atoms with E-state index in [2.05, 4.69) is 33.7 Å². The number of hydrogen-bond donors (Lipinski definition) is 1. The number of nitrogens with one attached hydrogen (secondary N) is 1. The molecule has 0 fully saturated rings. The lowest BCUT2D eigenvalue weighted by Gasteiger charge is -2.18. The van der Waals surface area contributed by atoms with E-state index in [4.69, 9.17) is 0 Å². The van der Waals surface area contributed by atoms with Crippen LogP contribution in [0.15, 0.2) is 0 Å². The Morgan fingerprint density at radius 2 is 2.20 bits per heavy atom. The third kappa shape index (κ3) is 3.76. The first-order valence-corrected chi connectivity index (χ1v) is 6.30. The Bertz CT molecular complexity index is 274. The highest BCUT2D eigenvalue weighted by Gasteiger charge is 2.10. The predicted octanol–water partition coefficient (Wildman–Crippen LogP) is 2.20. The lowest BCUT2D eigenvalue weighted by molar-refractivity contribution is 0.272. The summed E-state index contributed by atoms with van der Waals surface area (Å²) in [4.78, 5) is 2.40. The summed E-state index contributed by atoms with van der Waals surface area (Å²) in [6.07, 6.45) is 2.49. The van der Waals surface area contributed by atoms with E-state index in [0.717, 1.165) is 30.3 Å². The van der Waals surface area contributed by atoms with Crippen molar-refractivity contribution < 1.29 is 0 Å². The van der Waals surface area contributed by atoms with E-state index in [0.29, 0.717) is 0 Å². The molecule has 1 heterocycles. The minimum atomic E-state index is 0.906. The lowest BCUT2D eigenvalue weighted by atomic mass is 10.3. The fourth-order valence-electron chi connectivity index (χ4n) is 1.44. The number of aromatic nitrogens is 2. The Morgan fingerprint density at radius 3 is 2.80 bits per heavy atom. The molecule has 0 amide bonds. The summed E-state index contributed by atoms with van der Waals surface area (Å²) in [5, 5.41) is 8.36. The lowest BCUT2D eigenvalue weighted by Crippen LogP contribution is -2.24. The zero-order valence-electron chi connectivity index (χ0n) is 9.79. The summed E-state index contributed by atoms with van der Waals surface area (Å²) in [5.74, 6) is 0. The van der Waals surface area contributed by atoms with Crippen LogP contribution in [0, 0.1) is 0 Å². The molecule has 0 atom stereocenters. The Balaban J connectivity index is 2.50. The molecule has 86 valence electrons. The van der Waals surface area contributed by atoms with Gasteiger partial charge in [0.1, 0.15) is 10.7 Å². The van der Waals surface area contributed by atoms with Crippen LogP contribution in [0.4, 0.5) is 5.00 Å². The number of anilines is 1. The highest BCUT2D eigenvalue weighted by Crippen LogP contribution is 2.18. The van der Waals surface area contributed by atoms with Crippen molar-refractivity contribution in [2.45, 2.75) is 33.2 Å².